The smallest absolute Gasteiger partial charge is 0.303 e. The molecule has 5 heteroatoms. The molecule has 1 aromatic heterocycles. The number of ether oxygens (including phenoxy) is 1. The van der Waals surface area contributed by atoms with Crippen molar-refractivity contribution in [3.63, 3.8) is 0 Å². The first-order chi connectivity index (χ1) is 12.3. The third kappa shape index (κ3) is 3.86. The first kappa shape index (κ1) is 18.3. The Kier molecular flexibility index (Phi) is 5.23. The highest BCUT2D eigenvalue weighted by atomic mass is 35.5. The summed E-state index contributed by atoms with van der Waals surface area (Å²) in [5.41, 5.74) is 4.80. The number of fused-ring (bicyclic) bond motifs is 1. The quantitative estimate of drug-likeness (QED) is 0.611. The van der Waals surface area contributed by atoms with E-state index in [0.29, 0.717) is 18.1 Å². The van der Waals surface area contributed by atoms with E-state index in [0.717, 1.165) is 44.7 Å². The normalized spacial score (nSPS) is 11.1. The number of carboxylic acids is 1. The van der Waals surface area contributed by atoms with Crippen LogP contribution in [0.15, 0.2) is 34.7 Å². The van der Waals surface area contributed by atoms with Gasteiger partial charge in [-0.2, -0.15) is 0 Å². The second-order valence-electron chi connectivity index (χ2n) is 6.50. The van der Waals surface area contributed by atoms with E-state index in [4.69, 9.17) is 25.9 Å². The molecule has 0 atom stereocenters. The van der Waals surface area contributed by atoms with E-state index < -0.39 is 5.97 Å². The molecule has 3 aromatic rings. The van der Waals surface area contributed by atoms with Crippen molar-refractivity contribution in [2.75, 3.05) is 0 Å². The van der Waals surface area contributed by atoms with Crippen LogP contribution >= 0.6 is 11.6 Å². The van der Waals surface area contributed by atoms with E-state index in [-0.39, 0.29) is 6.42 Å². The molecule has 4 nitrogen and oxygen atoms in total. The van der Waals surface area contributed by atoms with Crippen molar-refractivity contribution in [1.29, 1.82) is 0 Å². The largest absolute Gasteiger partial charge is 0.488 e. The van der Waals surface area contributed by atoms with Gasteiger partial charge in [0, 0.05) is 22.4 Å². The third-order valence-corrected chi connectivity index (χ3v) is 4.84. The average molecular weight is 373 g/mol. The SMILES string of the molecule is Cc1cc2cc(Cl)cc(COc3ccc(CCC(=O)O)c(C)c3C)c2o1. The van der Waals surface area contributed by atoms with Gasteiger partial charge in [-0.25, -0.2) is 0 Å². The monoisotopic (exact) mass is 372 g/mol. The fourth-order valence-corrected chi connectivity index (χ4v) is 3.35. The summed E-state index contributed by atoms with van der Waals surface area (Å²) in [6, 6.07) is 9.52. The molecule has 0 spiro atoms. The predicted octanol–water partition coefficient (Wildman–Crippen LogP) is 5.61. The summed E-state index contributed by atoms with van der Waals surface area (Å²) in [4.78, 5) is 10.8. The van der Waals surface area contributed by atoms with Gasteiger partial charge in [0.15, 0.2) is 0 Å². The maximum atomic E-state index is 10.8. The van der Waals surface area contributed by atoms with Crippen LogP contribution in [-0.2, 0) is 17.8 Å². The minimum absolute atomic E-state index is 0.124. The molecule has 0 bridgehead atoms. The van der Waals surface area contributed by atoms with E-state index in [1.165, 1.54) is 0 Å². The van der Waals surface area contributed by atoms with E-state index in [1.807, 2.05) is 51.1 Å². The highest BCUT2D eigenvalue weighted by molar-refractivity contribution is 6.31. The maximum absolute atomic E-state index is 10.8. The van der Waals surface area contributed by atoms with Gasteiger partial charge in [-0.15, -0.1) is 0 Å². The van der Waals surface area contributed by atoms with Crippen molar-refractivity contribution in [2.24, 2.45) is 0 Å². The number of benzene rings is 2. The number of aryl methyl sites for hydroxylation is 2. The van der Waals surface area contributed by atoms with Crippen LogP contribution < -0.4 is 4.74 Å². The zero-order valence-electron chi connectivity index (χ0n) is 15.1. The molecule has 0 aliphatic carbocycles. The van der Waals surface area contributed by atoms with Crippen LogP contribution in [0.1, 0.15) is 34.4 Å². The number of halogens is 1. The fourth-order valence-electron chi connectivity index (χ4n) is 3.10. The minimum atomic E-state index is -0.791. The van der Waals surface area contributed by atoms with Crippen LogP contribution in [0.3, 0.4) is 0 Å². The Labute approximate surface area is 157 Å². The number of hydrogen-bond donors (Lipinski definition) is 1. The number of rotatable bonds is 6. The molecule has 2 aromatic carbocycles. The van der Waals surface area contributed by atoms with Gasteiger partial charge in [-0.1, -0.05) is 17.7 Å². The van der Waals surface area contributed by atoms with Gasteiger partial charge in [-0.3, -0.25) is 4.79 Å². The van der Waals surface area contributed by atoms with Gasteiger partial charge in [-0.05, 0) is 68.1 Å². The molecule has 26 heavy (non-hydrogen) atoms. The Morgan fingerprint density at radius 3 is 2.62 bits per heavy atom. The first-order valence-electron chi connectivity index (χ1n) is 8.47. The van der Waals surface area contributed by atoms with Gasteiger partial charge in [0.2, 0.25) is 0 Å². The molecule has 1 N–H and O–H groups in total. The molecular weight excluding hydrogens is 352 g/mol. The topological polar surface area (TPSA) is 59.7 Å². The molecule has 3 rings (SSSR count). The molecular formula is C21H21ClO4. The van der Waals surface area contributed by atoms with Crippen LogP contribution in [0.25, 0.3) is 11.0 Å². The van der Waals surface area contributed by atoms with Crippen LogP contribution in [0.4, 0.5) is 0 Å². The third-order valence-electron chi connectivity index (χ3n) is 4.62. The van der Waals surface area contributed by atoms with E-state index in [1.54, 1.807) is 0 Å². The van der Waals surface area contributed by atoms with Crippen molar-refractivity contribution in [2.45, 2.75) is 40.2 Å². The number of carboxylic acid groups (broad SMARTS) is 1. The van der Waals surface area contributed by atoms with Gasteiger partial charge in [0.1, 0.15) is 23.7 Å². The summed E-state index contributed by atoms with van der Waals surface area (Å²) in [5.74, 6) is 0.817. The Hall–Kier alpha value is -2.46. The zero-order valence-corrected chi connectivity index (χ0v) is 15.8. The lowest BCUT2D eigenvalue weighted by Crippen LogP contribution is -2.03. The summed E-state index contributed by atoms with van der Waals surface area (Å²) in [6.07, 6.45) is 0.641. The number of hydrogen-bond acceptors (Lipinski definition) is 3. The van der Waals surface area contributed by atoms with E-state index >= 15 is 0 Å². The molecule has 1 heterocycles. The number of carbonyl (C=O) groups is 1. The van der Waals surface area contributed by atoms with Crippen LogP contribution in [0, 0.1) is 20.8 Å². The molecule has 0 saturated heterocycles. The second-order valence-corrected chi connectivity index (χ2v) is 6.93. The highest BCUT2D eigenvalue weighted by Gasteiger charge is 2.12. The predicted molar refractivity (Wildman–Crippen MR) is 102 cm³/mol. The van der Waals surface area contributed by atoms with Crippen molar-refractivity contribution in [3.8, 4) is 5.75 Å². The van der Waals surface area contributed by atoms with Gasteiger partial charge in [0.05, 0.1) is 0 Å². The van der Waals surface area contributed by atoms with Crippen molar-refractivity contribution in [3.05, 3.63) is 63.4 Å². The molecule has 0 radical (unpaired) electrons. The molecule has 0 saturated carbocycles. The Morgan fingerprint density at radius 2 is 1.88 bits per heavy atom. The Bertz CT molecular complexity index is 972. The summed E-state index contributed by atoms with van der Waals surface area (Å²) in [5, 5.41) is 10.5. The molecule has 0 fully saturated rings. The Balaban J connectivity index is 1.82. The van der Waals surface area contributed by atoms with Crippen molar-refractivity contribution < 1.29 is 19.1 Å². The Morgan fingerprint density at radius 1 is 1.12 bits per heavy atom. The van der Waals surface area contributed by atoms with Gasteiger partial charge < -0.3 is 14.3 Å². The maximum Gasteiger partial charge on any atom is 0.303 e. The number of aliphatic carboxylic acids is 1. The van der Waals surface area contributed by atoms with E-state index in [2.05, 4.69) is 0 Å². The van der Waals surface area contributed by atoms with Gasteiger partial charge >= 0.3 is 5.97 Å². The van der Waals surface area contributed by atoms with Crippen LogP contribution in [0.2, 0.25) is 5.02 Å². The fraction of sp³-hybridized carbons (Fsp3) is 0.286. The van der Waals surface area contributed by atoms with Crippen LogP contribution in [0.5, 0.6) is 5.75 Å². The molecule has 0 amide bonds. The minimum Gasteiger partial charge on any atom is -0.488 e. The van der Waals surface area contributed by atoms with Crippen LogP contribution in [-0.4, -0.2) is 11.1 Å². The molecule has 0 aliphatic heterocycles. The standard InChI is InChI=1S/C21H21ClO4/c1-12-8-16-9-18(22)10-17(21(16)26-12)11-25-19-6-4-15(5-7-20(23)24)13(2)14(19)3/h4,6,8-10H,5,7,11H2,1-3H3,(H,23,24). The lowest BCUT2D eigenvalue weighted by atomic mass is 9.99. The average Bonchev–Trinajstić information content (AvgIpc) is 2.95. The van der Waals surface area contributed by atoms with E-state index in [9.17, 15) is 4.79 Å². The summed E-state index contributed by atoms with van der Waals surface area (Å²) >= 11 is 6.21. The first-order valence-corrected chi connectivity index (χ1v) is 8.85. The lowest BCUT2D eigenvalue weighted by molar-refractivity contribution is -0.136. The number of furan rings is 1. The highest BCUT2D eigenvalue weighted by Crippen LogP contribution is 2.30. The summed E-state index contributed by atoms with van der Waals surface area (Å²) < 4.78 is 11.8. The van der Waals surface area contributed by atoms with Crippen molar-refractivity contribution in [1.82, 2.24) is 0 Å². The molecule has 0 unspecified atom stereocenters. The zero-order chi connectivity index (χ0) is 18.8. The second kappa shape index (κ2) is 7.42. The molecule has 136 valence electrons. The van der Waals surface area contributed by atoms with Gasteiger partial charge in [0.25, 0.3) is 0 Å². The summed E-state index contributed by atoms with van der Waals surface area (Å²) in [6.45, 7) is 6.23. The lowest BCUT2D eigenvalue weighted by Gasteiger charge is -2.14. The van der Waals surface area contributed by atoms with Crippen molar-refractivity contribution >= 4 is 28.5 Å². The summed E-state index contributed by atoms with van der Waals surface area (Å²) in [7, 11) is 0. The molecule has 0 aliphatic rings.